The van der Waals surface area contributed by atoms with Crippen LogP contribution in [0.5, 0.6) is 5.75 Å². The van der Waals surface area contributed by atoms with E-state index in [1.165, 1.54) is 0 Å². The standard InChI is InChI=1S/C17H20N2O3/c1-12(17(20)19-15-5-3-4-14(18)10-15)22-11-13-6-8-16(21-2)9-7-13/h3-10,12H,11,18H2,1-2H3,(H,19,20). The fraction of sp³-hybridized carbons (Fsp3) is 0.235. The van der Waals surface area contributed by atoms with Gasteiger partial charge in [0.15, 0.2) is 0 Å². The molecule has 0 aliphatic carbocycles. The van der Waals surface area contributed by atoms with Crippen LogP contribution >= 0.6 is 0 Å². The molecule has 0 aliphatic heterocycles. The molecule has 1 atom stereocenters. The van der Waals surface area contributed by atoms with Crippen molar-refractivity contribution in [3.8, 4) is 5.75 Å². The first kappa shape index (κ1) is 15.9. The summed E-state index contributed by atoms with van der Waals surface area (Å²) in [7, 11) is 1.62. The molecule has 5 heteroatoms. The Hall–Kier alpha value is -2.53. The SMILES string of the molecule is COc1ccc(COC(C)C(=O)Nc2cccc(N)c2)cc1. The zero-order valence-electron chi connectivity index (χ0n) is 12.7. The molecule has 0 bridgehead atoms. The summed E-state index contributed by atoms with van der Waals surface area (Å²) in [4.78, 5) is 12.0. The van der Waals surface area contributed by atoms with E-state index in [0.29, 0.717) is 18.0 Å². The molecule has 3 N–H and O–H groups in total. The zero-order valence-corrected chi connectivity index (χ0v) is 12.7. The van der Waals surface area contributed by atoms with Gasteiger partial charge in [-0.05, 0) is 42.8 Å². The molecule has 5 nitrogen and oxygen atoms in total. The second-order valence-corrected chi connectivity index (χ2v) is 4.92. The van der Waals surface area contributed by atoms with Crippen molar-refractivity contribution < 1.29 is 14.3 Å². The third kappa shape index (κ3) is 4.49. The molecule has 22 heavy (non-hydrogen) atoms. The van der Waals surface area contributed by atoms with Crippen molar-refractivity contribution in [3.63, 3.8) is 0 Å². The van der Waals surface area contributed by atoms with E-state index in [-0.39, 0.29) is 5.91 Å². The topological polar surface area (TPSA) is 73.6 Å². The van der Waals surface area contributed by atoms with Crippen LogP contribution in [-0.2, 0) is 16.1 Å². The maximum absolute atomic E-state index is 12.0. The summed E-state index contributed by atoms with van der Waals surface area (Å²) in [6.45, 7) is 2.07. The minimum atomic E-state index is -0.566. The number of hydrogen-bond donors (Lipinski definition) is 2. The van der Waals surface area contributed by atoms with E-state index in [4.69, 9.17) is 15.2 Å². The van der Waals surface area contributed by atoms with E-state index in [2.05, 4.69) is 5.32 Å². The number of benzene rings is 2. The van der Waals surface area contributed by atoms with E-state index < -0.39 is 6.10 Å². The van der Waals surface area contributed by atoms with Crippen molar-refractivity contribution in [1.29, 1.82) is 0 Å². The third-order valence-corrected chi connectivity index (χ3v) is 3.18. The largest absolute Gasteiger partial charge is 0.497 e. The molecule has 1 amide bonds. The van der Waals surface area contributed by atoms with Crippen LogP contribution in [0, 0.1) is 0 Å². The maximum Gasteiger partial charge on any atom is 0.253 e. The second-order valence-electron chi connectivity index (χ2n) is 4.92. The molecular formula is C17H20N2O3. The zero-order chi connectivity index (χ0) is 15.9. The van der Waals surface area contributed by atoms with Crippen molar-refractivity contribution in [2.75, 3.05) is 18.2 Å². The Kier molecular flexibility index (Phi) is 5.38. The molecule has 0 saturated carbocycles. The van der Waals surface area contributed by atoms with E-state index in [9.17, 15) is 4.79 Å². The number of amides is 1. The van der Waals surface area contributed by atoms with Gasteiger partial charge in [0.1, 0.15) is 11.9 Å². The average Bonchev–Trinajstić information content (AvgIpc) is 2.53. The lowest BCUT2D eigenvalue weighted by Gasteiger charge is -2.14. The van der Waals surface area contributed by atoms with Crippen LogP contribution in [0.4, 0.5) is 11.4 Å². The Labute approximate surface area is 130 Å². The van der Waals surface area contributed by atoms with Gasteiger partial charge in [-0.2, -0.15) is 0 Å². The van der Waals surface area contributed by atoms with Crippen LogP contribution in [0.2, 0.25) is 0 Å². The summed E-state index contributed by atoms with van der Waals surface area (Å²) in [6.07, 6.45) is -0.566. The minimum Gasteiger partial charge on any atom is -0.497 e. The first-order chi connectivity index (χ1) is 10.6. The Morgan fingerprint density at radius 1 is 1.23 bits per heavy atom. The van der Waals surface area contributed by atoms with Gasteiger partial charge in [-0.3, -0.25) is 4.79 Å². The lowest BCUT2D eigenvalue weighted by molar-refractivity contribution is -0.127. The van der Waals surface area contributed by atoms with Crippen molar-refractivity contribution >= 4 is 17.3 Å². The first-order valence-corrected chi connectivity index (χ1v) is 6.99. The van der Waals surface area contributed by atoms with Gasteiger partial charge in [-0.1, -0.05) is 18.2 Å². The summed E-state index contributed by atoms with van der Waals surface area (Å²) >= 11 is 0. The number of hydrogen-bond acceptors (Lipinski definition) is 4. The molecule has 0 heterocycles. The van der Waals surface area contributed by atoms with Gasteiger partial charge in [0, 0.05) is 11.4 Å². The number of nitrogens with two attached hydrogens (primary N) is 1. The van der Waals surface area contributed by atoms with Crippen LogP contribution in [0.25, 0.3) is 0 Å². The van der Waals surface area contributed by atoms with Crippen molar-refractivity contribution in [3.05, 3.63) is 54.1 Å². The number of nitrogen functional groups attached to an aromatic ring is 1. The summed E-state index contributed by atoms with van der Waals surface area (Å²) in [5.41, 5.74) is 7.91. The van der Waals surface area contributed by atoms with Crippen LogP contribution in [0.15, 0.2) is 48.5 Å². The van der Waals surface area contributed by atoms with E-state index in [1.54, 1.807) is 38.3 Å². The van der Waals surface area contributed by atoms with Gasteiger partial charge >= 0.3 is 0 Å². The van der Waals surface area contributed by atoms with Gasteiger partial charge in [-0.25, -0.2) is 0 Å². The van der Waals surface area contributed by atoms with Gasteiger partial charge in [0.25, 0.3) is 5.91 Å². The van der Waals surface area contributed by atoms with Gasteiger partial charge in [0.05, 0.1) is 13.7 Å². The van der Waals surface area contributed by atoms with Crippen LogP contribution in [0.3, 0.4) is 0 Å². The molecule has 2 rings (SSSR count). The number of rotatable bonds is 6. The predicted molar refractivity (Wildman–Crippen MR) is 86.7 cm³/mol. The number of nitrogens with one attached hydrogen (secondary N) is 1. The highest BCUT2D eigenvalue weighted by atomic mass is 16.5. The third-order valence-electron chi connectivity index (χ3n) is 3.18. The van der Waals surface area contributed by atoms with E-state index in [1.807, 2.05) is 24.3 Å². The molecule has 0 saturated heterocycles. The Morgan fingerprint density at radius 2 is 1.95 bits per heavy atom. The van der Waals surface area contributed by atoms with E-state index in [0.717, 1.165) is 11.3 Å². The van der Waals surface area contributed by atoms with Crippen molar-refractivity contribution in [1.82, 2.24) is 0 Å². The molecule has 116 valence electrons. The quantitative estimate of drug-likeness (QED) is 0.805. The first-order valence-electron chi connectivity index (χ1n) is 6.99. The Bertz CT molecular complexity index is 626. The molecule has 1 unspecified atom stereocenters. The Morgan fingerprint density at radius 3 is 2.59 bits per heavy atom. The maximum atomic E-state index is 12.0. The highest BCUT2D eigenvalue weighted by molar-refractivity contribution is 5.94. The summed E-state index contributed by atoms with van der Waals surface area (Å²) in [6, 6.07) is 14.6. The fourth-order valence-electron chi connectivity index (χ4n) is 1.88. The fourth-order valence-corrected chi connectivity index (χ4v) is 1.88. The second kappa shape index (κ2) is 7.47. The number of methoxy groups -OCH3 is 1. The average molecular weight is 300 g/mol. The number of carbonyl (C=O) groups excluding carboxylic acids is 1. The van der Waals surface area contributed by atoms with Crippen molar-refractivity contribution in [2.24, 2.45) is 0 Å². The van der Waals surface area contributed by atoms with Crippen LogP contribution < -0.4 is 15.8 Å². The molecule has 0 aliphatic rings. The number of anilines is 2. The molecule has 2 aromatic carbocycles. The van der Waals surface area contributed by atoms with Gasteiger partial charge < -0.3 is 20.5 Å². The summed E-state index contributed by atoms with van der Waals surface area (Å²) < 4.78 is 10.7. The van der Waals surface area contributed by atoms with Crippen LogP contribution in [0.1, 0.15) is 12.5 Å². The lowest BCUT2D eigenvalue weighted by atomic mass is 10.2. The van der Waals surface area contributed by atoms with Crippen molar-refractivity contribution in [2.45, 2.75) is 19.6 Å². The normalized spacial score (nSPS) is 11.7. The van der Waals surface area contributed by atoms with Crippen LogP contribution in [-0.4, -0.2) is 19.1 Å². The Balaban J connectivity index is 1.85. The molecular weight excluding hydrogens is 280 g/mol. The minimum absolute atomic E-state index is 0.209. The smallest absolute Gasteiger partial charge is 0.253 e. The number of ether oxygens (including phenoxy) is 2. The molecule has 0 fully saturated rings. The van der Waals surface area contributed by atoms with Gasteiger partial charge in [0.2, 0.25) is 0 Å². The lowest BCUT2D eigenvalue weighted by Crippen LogP contribution is -2.27. The summed E-state index contributed by atoms with van der Waals surface area (Å²) in [5.74, 6) is 0.579. The predicted octanol–water partition coefficient (Wildman–Crippen LogP) is 2.82. The number of carbonyl (C=O) groups is 1. The van der Waals surface area contributed by atoms with Gasteiger partial charge in [-0.15, -0.1) is 0 Å². The van der Waals surface area contributed by atoms with E-state index >= 15 is 0 Å². The highest BCUT2D eigenvalue weighted by Gasteiger charge is 2.13. The summed E-state index contributed by atoms with van der Waals surface area (Å²) in [5, 5.41) is 2.77. The molecule has 0 radical (unpaired) electrons. The monoisotopic (exact) mass is 300 g/mol. The molecule has 0 spiro atoms. The highest BCUT2D eigenvalue weighted by Crippen LogP contribution is 2.14. The molecule has 0 aromatic heterocycles. The molecule has 2 aromatic rings.